The molecule has 0 fully saturated rings. The van der Waals surface area contributed by atoms with Gasteiger partial charge in [-0.15, -0.1) is 0 Å². The van der Waals surface area contributed by atoms with Gasteiger partial charge in [-0.2, -0.15) is 5.10 Å². The zero-order chi connectivity index (χ0) is 21.4. The molecular formula is C25H21N3O3. The maximum Gasteiger partial charge on any atom is 0.339 e. The highest BCUT2D eigenvalue weighted by atomic mass is 16.5. The van der Waals surface area contributed by atoms with Gasteiger partial charge in [0.25, 0.3) is 0 Å². The summed E-state index contributed by atoms with van der Waals surface area (Å²) in [4.78, 5) is 17.5. The fraction of sp³-hybridized carbons (Fsp3) is 0.160. The number of furan rings is 1. The van der Waals surface area contributed by atoms with Gasteiger partial charge in [-0.3, -0.25) is 0 Å². The second-order valence-corrected chi connectivity index (χ2v) is 7.38. The average molecular weight is 411 g/mol. The summed E-state index contributed by atoms with van der Waals surface area (Å²) < 4.78 is 12.7. The molecule has 0 radical (unpaired) electrons. The highest BCUT2D eigenvalue weighted by molar-refractivity contribution is 6.04. The Balaban J connectivity index is 1.66. The summed E-state index contributed by atoms with van der Waals surface area (Å²) in [7, 11) is 0. The van der Waals surface area contributed by atoms with Gasteiger partial charge in [0.15, 0.2) is 11.4 Å². The van der Waals surface area contributed by atoms with Crippen LogP contribution in [0.1, 0.15) is 28.5 Å². The first-order chi connectivity index (χ1) is 15.1. The zero-order valence-electron chi connectivity index (χ0n) is 17.3. The van der Waals surface area contributed by atoms with Crippen LogP contribution in [-0.2, 0) is 11.3 Å². The van der Waals surface area contributed by atoms with Crippen LogP contribution in [-0.4, -0.2) is 27.3 Å². The molecule has 3 heterocycles. The predicted molar refractivity (Wildman–Crippen MR) is 119 cm³/mol. The lowest BCUT2D eigenvalue weighted by Gasteiger charge is -2.08. The number of aromatic nitrogens is 3. The van der Waals surface area contributed by atoms with Crippen molar-refractivity contribution in [3.8, 4) is 11.5 Å². The monoisotopic (exact) mass is 411 g/mol. The first-order valence-electron chi connectivity index (χ1n) is 10.2. The fourth-order valence-corrected chi connectivity index (χ4v) is 3.89. The van der Waals surface area contributed by atoms with E-state index in [0.29, 0.717) is 41.2 Å². The third kappa shape index (κ3) is 3.46. The molecule has 0 atom stereocenters. The predicted octanol–water partition coefficient (Wildman–Crippen LogP) is 5.38. The molecule has 6 heteroatoms. The number of rotatable bonds is 5. The summed E-state index contributed by atoms with van der Waals surface area (Å²) in [5, 5.41) is 7.77. The minimum absolute atomic E-state index is 0.295. The van der Waals surface area contributed by atoms with E-state index in [2.05, 4.69) is 30.3 Å². The van der Waals surface area contributed by atoms with Gasteiger partial charge < -0.3 is 9.15 Å². The first-order valence-corrected chi connectivity index (χ1v) is 10.2. The molecule has 0 spiro atoms. The normalized spacial score (nSPS) is 11.3. The molecule has 0 unspecified atom stereocenters. The number of carbonyl (C=O) groups excluding carboxylic acids is 1. The van der Waals surface area contributed by atoms with Crippen molar-refractivity contribution < 1.29 is 13.9 Å². The third-order valence-corrected chi connectivity index (χ3v) is 5.29. The molecule has 0 aliphatic heterocycles. The lowest BCUT2D eigenvalue weighted by Crippen LogP contribution is -2.08. The van der Waals surface area contributed by atoms with E-state index in [9.17, 15) is 4.79 Å². The lowest BCUT2D eigenvalue weighted by atomic mass is 10.1. The van der Waals surface area contributed by atoms with E-state index in [4.69, 9.17) is 19.2 Å². The van der Waals surface area contributed by atoms with E-state index in [1.807, 2.05) is 29.8 Å². The van der Waals surface area contributed by atoms with Gasteiger partial charge in [-0.05, 0) is 54.4 Å². The van der Waals surface area contributed by atoms with Crippen LogP contribution in [0.3, 0.4) is 0 Å². The quantitative estimate of drug-likeness (QED) is 0.363. The van der Waals surface area contributed by atoms with Gasteiger partial charge >= 0.3 is 5.97 Å². The lowest BCUT2D eigenvalue weighted by molar-refractivity contribution is 0.0528. The first kappa shape index (κ1) is 19.1. The number of pyridine rings is 1. The van der Waals surface area contributed by atoms with E-state index in [-0.39, 0.29) is 0 Å². The Morgan fingerprint density at radius 2 is 1.90 bits per heavy atom. The largest absolute Gasteiger partial charge is 0.463 e. The number of aryl methyl sites for hydroxylation is 1. The van der Waals surface area contributed by atoms with Crippen LogP contribution in [0.2, 0.25) is 0 Å². The Labute approximate surface area is 179 Å². The number of benzene rings is 2. The van der Waals surface area contributed by atoms with Crippen molar-refractivity contribution in [3.63, 3.8) is 0 Å². The van der Waals surface area contributed by atoms with E-state index >= 15 is 0 Å². The number of hydrogen-bond acceptors (Lipinski definition) is 5. The highest BCUT2D eigenvalue weighted by Gasteiger charge is 2.22. The molecular weight excluding hydrogens is 390 g/mol. The second kappa shape index (κ2) is 7.72. The number of nitrogens with zero attached hydrogens (tertiary/aromatic N) is 3. The summed E-state index contributed by atoms with van der Waals surface area (Å²) >= 11 is 0. The number of fused-ring (bicyclic) bond motifs is 2. The molecule has 3 aromatic heterocycles. The van der Waals surface area contributed by atoms with Gasteiger partial charge in [0.05, 0.1) is 36.1 Å². The Bertz CT molecular complexity index is 1400. The average Bonchev–Trinajstić information content (AvgIpc) is 3.42. The van der Waals surface area contributed by atoms with Crippen molar-refractivity contribution in [1.29, 1.82) is 0 Å². The second-order valence-electron chi connectivity index (χ2n) is 7.38. The Morgan fingerprint density at radius 3 is 2.68 bits per heavy atom. The van der Waals surface area contributed by atoms with Crippen LogP contribution in [0.4, 0.5) is 0 Å². The molecule has 2 aromatic carbocycles. The van der Waals surface area contributed by atoms with Gasteiger partial charge in [0, 0.05) is 0 Å². The highest BCUT2D eigenvalue weighted by Crippen LogP contribution is 2.28. The van der Waals surface area contributed by atoms with Crippen molar-refractivity contribution in [2.24, 2.45) is 0 Å². The van der Waals surface area contributed by atoms with Crippen molar-refractivity contribution >= 4 is 27.8 Å². The van der Waals surface area contributed by atoms with Crippen molar-refractivity contribution in [1.82, 2.24) is 14.8 Å². The maximum atomic E-state index is 12.7. The van der Waals surface area contributed by atoms with Gasteiger partial charge in [-0.1, -0.05) is 36.4 Å². The molecule has 154 valence electrons. The number of ether oxygens (including phenoxy) is 1. The van der Waals surface area contributed by atoms with Crippen LogP contribution in [0.15, 0.2) is 71.3 Å². The molecule has 0 amide bonds. The summed E-state index contributed by atoms with van der Waals surface area (Å²) in [6, 6.07) is 19.9. The smallest absolute Gasteiger partial charge is 0.339 e. The number of carbonyl (C=O) groups is 1. The minimum atomic E-state index is -0.393. The zero-order valence-corrected chi connectivity index (χ0v) is 17.3. The van der Waals surface area contributed by atoms with Crippen molar-refractivity contribution in [2.45, 2.75) is 20.4 Å². The number of hydrogen-bond donors (Lipinski definition) is 0. The fourth-order valence-electron chi connectivity index (χ4n) is 3.89. The molecule has 6 nitrogen and oxygen atoms in total. The van der Waals surface area contributed by atoms with Gasteiger partial charge in [0.2, 0.25) is 0 Å². The summed E-state index contributed by atoms with van der Waals surface area (Å²) in [6.07, 6.45) is 1.59. The van der Waals surface area contributed by atoms with Crippen LogP contribution in [0.25, 0.3) is 33.3 Å². The Hall–Kier alpha value is -3.93. The minimum Gasteiger partial charge on any atom is -0.463 e. The Morgan fingerprint density at radius 1 is 1.06 bits per heavy atom. The van der Waals surface area contributed by atoms with Crippen molar-refractivity contribution in [2.75, 3.05) is 6.61 Å². The standard InChI is InChI=1S/C25H21N3O3/c1-3-30-25(29)20-14-21(22-9-6-12-31-22)26-24-23(20)16(2)27-28(24)15-17-10-11-18-7-4-5-8-19(18)13-17/h4-14H,3,15H2,1-2H3. The SMILES string of the molecule is CCOC(=O)c1cc(-c2ccco2)nc2c1c(C)nn2Cc1ccc2ccccc2c1. The molecule has 0 saturated heterocycles. The van der Waals surface area contributed by atoms with Crippen LogP contribution < -0.4 is 0 Å². The molecule has 0 aliphatic rings. The molecule has 0 bridgehead atoms. The van der Waals surface area contributed by atoms with E-state index in [1.165, 1.54) is 10.8 Å². The summed E-state index contributed by atoms with van der Waals surface area (Å²) in [5.41, 5.74) is 3.48. The molecule has 31 heavy (non-hydrogen) atoms. The van der Waals surface area contributed by atoms with Crippen LogP contribution in [0.5, 0.6) is 0 Å². The van der Waals surface area contributed by atoms with Crippen LogP contribution >= 0.6 is 0 Å². The Kier molecular flexibility index (Phi) is 4.75. The third-order valence-electron chi connectivity index (χ3n) is 5.29. The molecule has 0 N–H and O–H groups in total. The maximum absolute atomic E-state index is 12.7. The molecule has 0 aliphatic carbocycles. The molecule has 0 saturated carbocycles. The van der Waals surface area contributed by atoms with E-state index < -0.39 is 5.97 Å². The van der Waals surface area contributed by atoms with Crippen molar-refractivity contribution in [3.05, 3.63) is 83.7 Å². The topological polar surface area (TPSA) is 70.2 Å². The summed E-state index contributed by atoms with van der Waals surface area (Å²) in [6.45, 7) is 4.50. The van der Waals surface area contributed by atoms with Gasteiger partial charge in [-0.25, -0.2) is 14.5 Å². The molecule has 5 rings (SSSR count). The number of esters is 1. The summed E-state index contributed by atoms with van der Waals surface area (Å²) in [5.74, 6) is 0.194. The molecule has 5 aromatic rings. The van der Waals surface area contributed by atoms with E-state index in [0.717, 1.165) is 11.3 Å². The van der Waals surface area contributed by atoms with Gasteiger partial charge in [0.1, 0.15) is 5.69 Å². The van der Waals surface area contributed by atoms with Crippen LogP contribution in [0, 0.1) is 6.92 Å². The van der Waals surface area contributed by atoms with E-state index in [1.54, 1.807) is 25.3 Å².